The summed E-state index contributed by atoms with van der Waals surface area (Å²) in [5.74, 6) is -0.387. The molecule has 0 aliphatic heterocycles. The monoisotopic (exact) mass is 312 g/mol. The van der Waals surface area contributed by atoms with Crippen LogP contribution < -0.4 is 11.1 Å². The Morgan fingerprint density at radius 3 is 2.75 bits per heavy atom. The van der Waals surface area contributed by atoms with Gasteiger partial charge in [-0.05, 0) is 19.1 Å². The molecule has 20 heavy (non-hydrogen) atoms. The van der Waals surface area contributed by atoms with Gasteiger partial charge in [0.15, 0.2) is 5.13 Å². The number of carbonyl (C=O) groups excluding carboxylic acids is 1. The van der Waals surface area contributed by atoms with Crippen LogP contribution in [0, 0.1) is 17.0 Å². The minimum absolute atomic E-state index is 0.0478. The number of nitrogens with one attached hydrogen (secondary N) is 1. The van der Waals surface area contributed by atoms with Crippen LogP contribution >= 0.6 is 22.9 Å². The van der Waals surface area contributed by atoms with Crippen LogP contribution in [0.25, 0.3) is 0 Å². The number of carbonyl (C=O) groups is 1. The Labute approximate surface area is 122 Å². The molecule has 0 bridgehead atoms. The van der Waals surface area contributed by atoms with Crippen molar-refractivity contribution in [3.8, 4) is 0 Å². The van der Waals surface area contributed by atoms with Crippen molar-refractivity contribution in [2.45, 2.75) is 6.92 Å². The third-order valence-electron chi connectivity index (χ3n) is 2.42. The number of anilines is 2. The summed E-state index contributed by atoms with van der Waals surface area (Å²) in [6.45, 7) is 1.67. The molecule has 0 aliphatic rings. The average Bonchev–Trinajstić information content (AvgIpc) is 2.68. The predicted molar refractivity (Wildman–Crippen MR) is 77.3 cm³/mol. The van der Waals surface area contributed by atoms with E-state index in [1.54, 1.807) is 6.92 Å². The molecule has 0 saturated heterocycles. The van der Waals surface area contributed by atoms with Gasteiger partial charge in [-0.25, -0.2) is 4.98 Å². The van der Waals surface area contributed by atoms with Crippen molar-refractivity contribution in [1.82, 2.24) is 4.98 Å². The minimum Gasteiger partial charge on any atom is -0.375 e. The molecule has 1 amide bonds. The van der Waals surface area contributed by atoms with Gasteiger partial charge in [0.1, 0.15) is 9.90 Å². The second kappa shape index (κ2) is 5.43. The van der Waals surface area contributed by atoms with Crippen LogP contribution in [0.1, 0.15) is 15.4 Å². The number of thiazole rings is 1. The number of amides is 1. The summed E-state index contributed by atoms with van der Waals surface area (Å²) in [4.78, 5) is 26.4. The number of halogens is 1. The molecular weight excluding hydrogens is 304 g/mol. The standard InChI is InChI=1S/C11H9ClN4O3S/c1-5-9(20-11(13)14-5)10(17)15-6-2-3-8(16(18)19)7(12)4-6/h2-4H,1H3,(H2,13,14)(H,15,17). The number of nitrogens with two attached hydrogens (primary N) is 1. The Morgan fingerprint density at radius 2 is 2.25 bits per heavy atom. The van der Waals surface area contributed by atoms with Crippen molar-refractivity contribution in [2.75, 3.05) is 11.1 Å². The molecule has 1 aromatic carbocycles. The lowest BCUT2D eigenvalue weighted by atomic mass is 10.2. The van der Waals surface area contributed by atoms with Gasteiger partial charge in [-0.1, -0.05) is 22.9 Å². The number of nitro benzene ring substituents is 1. The van der Waals surface area contributed by atoms with Crippen molar-refractivity contribution in [2.24, 2.45) is 0 Å². The van der Waals surface area contributed by atoms with E-state index in [1.807, 2.05) is 0 Å². The molecular formula is C11H9ClN4O3S. The zero-order chi connectivity index (χ0) is 14.9. The largest absolute Gasteiger partial charge is 0.375 e. The van der Waals surface area contributed by atoms with E-state index in [2.05, 4.69) is 10.3 Å². The lowest BCUT2D eigenvalue weighted by molar-refractivity contribution is -0.384. The topological polar surface area (TPSA) is 111 Å². The first-order chi connectivity index (χ1) is 9.38. The molecule has 9 heteroatoms. The minimum atomic E-state index is -0.595. The highest BCUT2D eigenvalue weighted by atomic mass is 35.5. The molecule has 0 fully saturated rings. The van der Waals surface area contributed by atoms with Crippen LogP contribution in [-0.4, -0.2) is 15.8 Å². The van der Waals surface area contributed by atoms with Crippen molar-refractivity contribution < 1.29 is 9.72 Å². The number of nitrogen functional groups attached to an aromatic ring is 1. The van der Waals surface area contributed by atoms with Crippen LogP contribution in [0.15, 0.2) is 18.2 Å². The van der Waals surface area contributed by atoms with E-state index in [0.717, 1.165) is 11.3 Å². The Morgan fingerprint density at radius 1 is 1.55 bits per heavy atom. The smallest absolute Gasteiger partial charge is 0.288 e. The van der Waals surface area contributed by atoms with E-state index in [9.17, 15) is 14.9 Å². The number of benzene rings is 1. The summed E-state index contributed by atoms with van der Waals surface area (Å²) < 4.78 is 0. The van der Waals surface area contributed by atoms with Crippen LogP contribution in [-0.2, 0) is 0 Å². The van der Waals surface area contributed by atoms with Gasteiger partial charge in [-0.2, -0.15) is 0 Å². The van der Waals surface area contributed by atoms with Crippen LogP contribution in [0.3, 0.4) is 0 Å². The van der Waals surface area contributed by atoms with Gasteiger partial charge in [0.2, 0.25) is 0 Å². The zero-order valence-electron chi connectivity index (χ0n) is 10.2. The lowest BCUT2D eigenvalue weighted by Gasteiger charge is -2.04. The van der Waals surface area contributed by atoms with E-state index in [0.29, 0.717) is 21.4 Å². The van der Waals surface area contributed by atoms with E-state index in [1.165, 1.54) is 18.2 Å². The molecule has 1 aromatic heterocycles. The van der Waals surface area contributed by atoms with Gasteiger partial charge >= 0.3 is 0 Å². The van der Waals surface area contributed by atoms with E-state index in [-0.39, 0.29) is 16.6 Å². The molecule has 0 aliphatic carbocycles. The fourth-order valence-electron chi connectivity index (χ4n) is 1.55. The van der Waals surface area contributed by atoms with Gasteiger partial charge in [-0.15, -0.1) is 0 Å². The molecule has 3 N–H and O–H groups in total. The van der Waals surface area contributed by atoms with Crippen molar-refractivity contribution >= 4 is 45.4 Å². The fraction of sp³-hybridized carbons (Fsp3) is 0.0909. The number of aryl methyl sites for hydroxylation is 1. The summed E-state index contributed by atoms with van der Waals surface area (Å²) in [5.41, 5.74) is 6.18. The Hall–Kier alpha value is -2.19. The van der Waals surface area contributed by atoms with Gasteiger partial charge < -0.3 is 11.1 Å². The SMILES string of the molecule is Cc1nc(N)sc1C(=O)Nc1ccc([N+](=O)[O-])c(Cl)c1. The third-order valence-corrected chi connectivity index (χ3v) is 3.71. The Bertz CT molecular complexity index is 701. The Balaban J connectivity index is 2.22. The van der Waals surface area contributed by atoms with Crippen molar-refractivity contribution in [1.29, 1.82) is 0 Å². The first-order valence-corrected chi connectivity index (χ1v) is 6.56. The highest BCUT2D eigenvalue weighted by Crippen LogP contribution is 2.28. The number of aromatic nitrogens is 1. The Kier molecular flexibility index (Phi) is 3.86. The van der Waals surface area contributed by atoms with E-state index < -0.39 is 4.92 Å². The van der Waals surface area contributed by atoms with Crippen LogP contribution in [0.2, 0.25) is 5.02 Å². The van der Waals surface area contributed by atoms with Gasteiger partial charge in [0, 0.05) is 11.8 Å². The van der Waals surface area contributed by atoms with Gasteiger partial charge in [-0.3, -0.25) is 14.9 Å². The highest BCUT2D eigenvalue weighted by Gasteiger charge is 2.16. The lowest BCUT2D eigenvalue weighted by Crippen LogP contribution is -2.11. The number of hydrogen-bond donors (Lipinski definition) is 2. The number of hydrogen-bond acceptors (Lipinski definition) is 6. The quantitative estimate of drug-likeness (QED) is 0.668. The second-order valence-electron chi connectivity index (χ2n) is 3.84. The van der Waals surface area contributed by atoms with E-state index in [4.69, 9.17) is 17.3 Å². The summed E-state index contributed by atoms with van der Waals surface area (Å²) in [6.07, 6.45) is 0. The van der Waals surface area contributed by atoms with Gasteiger partial charge in [0.25, 0.3) is 11.6 Å². The summed E-state index contributed by atoms with van der Waals surface area (Å²) in [7, 11) is 0. The summed E-state index contributed by atoms with van der Waals surface area (Å²) in [6, 6.07) is 3.95. The molecule has 2 aromatic rings. The van der Waals surface area contributed by atoms with E-state index >= 15 is 0 Å². The van der Waals surface area contributed by atoms with Crippen molar-refractivity contribution in [3.63, 3.8) is 0 Å². The highest BCUT2D eigenvalue weighted by molar-refractivity contribution is 7.17. The average molecular weight is 313 g/mol. The molecule has 104 valence electrons. The molecule has 7 nitrogen and oxygen atoms in total. The molecule has 0 saturated carbocycles. The predicted octanol–water partition coefficient (Wildman–Crippen LogP) is 2.85. The van der Waals surface area contributed by atoms with Crippen LogP contribution in [0.5, 0.6) is 0 Å². The number of nitrogens with zero attached hydrogens (tertiary/aromatic N) is 2. The number of rotatable bonds is 3. The molecule has 0 atom stereocenters. The first kappa shape index (κ1) is 14.2. The second-order valence-corrected chi connectivity index (χ2v) is 5.28. The van der Waals surface area contributed by atoms with Crippen molar-refractivity contribution in [3.05, 3.63) is 43.9 Å². The first-order valence-electron chi connectivity index (χ1n) is 5.36. The van der Waals surface area contributed by atoms with Gasteiger partial charge in [0.05, 0.1) is 10.6 Å². The molecule has 0 radical (unpaired) electrons. The summed E-state index contributed by atoms with van der Waals surface area (Å²) >= 11 is 6.83. The molecule has 0 unspecified atom stereocenters. The maximum Gasteiger partial charge on any atom is 0.288 e. The fourth-order valence-corrected chi connectivity index (χ4v) is 2.53. The molecule has 2 rings (SSSR count). The zero-order valence-corrected chi connectivity index (χ0v) is 11.8. The normalized spacial score (nSPS) is 10.3. The summed E-state index contributed by atoms with van der Waals surface area (Å²) in [5, 5.41) is 13.5. The molecule has 1 heterocycles. The van der Waals surface area contributed by atoms with Crippen LogP contribution in [0.4, 0.5) is 16.5 Å². The number of nitro groups is 1. The maximum atomic E-state index is 12.0. The maximum absolute atomic E-state index is 12.0. The molecule has 0 spiro atoms. The third kappa shape index (κ3) is 2.86.